The van der Waals surface area contributed by atoms with Gasteiger partial charge in [0.15, 0.2) is 11.8 Å². The number of aliphatic imine (C=N–C) groups is 1. The molecule has 7 heteroatoms. The van der Waals surface area contributed by atoms with Gasteiger partial charge >= 0.3 is 0 Å². The third kappa shape index (κ3) is 4.96. The van der Waals surface area contributed by atoms with Crippen molar-refractivity contribution in [2.24, 2.45) is 4.99 Å². The number of guanidine groups is 1. The van der Waals surface area contributed by atoms with Crippen molar-refractivity contribution in [3.63, 3.8) is 0 Å². The van der Waals surface area contributed by atoms with Crippen molar-refractivity contribution in [1.82, 2.24) is 25.7 Å². The molecule has 1 saturated heterocycles. The maximum atomic E-state index is 5.16. The highest BCUT2D eigenvalue weighted by molar-refractivity contribution is 5.79. The smallest absolute Gasteiger partial charge is 0.228 e. The predicted molar refractivity (Wildman–Crippen MR) is 103 cm³/mol. The van der Waals surface area contributed by atoms with E-state index in [1.54, 1.807) is 0 Å². The van der Waals surface area contributed by atoms with Crippen molar-refractivity contribution in [3.8, 4) is 0 Å². The number of hydrogen-bond acceptors (Lipinski definition) is 5. The van der Waals surface area contributed by atoms with E-state index >= 15 is 0 Å². The van der Waals surface area contributed by atoms with Crippen LogP contribution in [-0.2, 0) is 6.42 Å². The molecule has 1 aliphatic carbocycles. The van der Waals surface area contributed by atoms with Gasteiger partial charge in [-0.1, -0.05) is 30.8 Å². The van der Waals surface area contributed by atoms with E-state index in [-0.39, 0.29) is 0 Å². The van der Waals surface area contributed by atoms with Gasteiger partial charge in [0, 0.05) is 32.1 Å². The molecule has 0 radical (unpaired) electrons. The SMILES string of the molecule is CN=C(NCCc1nc(C)no1)NCC1(N2CCCCC2)CCCCC1. The molecule has 3 rings (SSSR count). The Morgan fingerprint density at radius 1 is 1.12 bits per heavy atom. The van der Waals surface area contributed by atoms with Gasteiger partial charge in [0.25, 0.3) is 0 Å². The van der Waals surface area contributed by atoms with Crippen LogP contribution in [0.3, 0.4) is 0 Å². The van der Waals surface area contributed by atoms with E-state index in [0.717, 1.165) is 19.0 Å². The Labute approximate surface area is 157 Å². The number of aromatic nitrogens is 2. The first-order valence-electron chi connectivity index (χ1n) is 10.2. The maximum absolute atomic E-state index is 5.16. The summed E-state index contributed by atoms with van der Waals surface area (Å²) < 4.78 is 5.16. The molecule has 0 spiro atoms. The Bertz CT molecular complexity index is 572. The summed E-state index contributed by atoms with van der Waals surface area (Å²) in [6, 6.07) is 0. The fourth-order valence-corrected chi connectivity index (χ4v) is 4.38. The Hall–Kier alpha value is -1.63. The average Bonchev–Trinajstić information content (AvgIpc) is 3.11. The molecular weight excluding hydrogens is 328 g/mol. The molecule has 2 N–H and O–H groups in total. The van der Waals surface area contributed by atoms with Crippen LogP contribution >= 0.6 is 0 Å². The number of nitrogens with zero attached hydrogens (tertiary/aromatic N) is 4. The second-order valence-electron chi connectivity index (χ2n) is 7.67. The highest BCUT2D eigenvalue weighted by Gasteiger charge is 2.38. The zero-order chi connectivity index (χ0) is 18.2. The van der Waals surface area contributed by atoms with Gasteiger partial charge in [-0.25, -0.2) is 0 Å². The van der Waals surface area contributed by atoms with Gasteiger partial charge in [-0.05, 0) is 45.7 Å². The third-order valence-electron chi connectivity index (χ3n) is 5.82. The van der Waals surface area contributed by atoms with Crippen molar-refractivity contribution in [1.29, 1.82) is 0 Å². The fraction of sp³-hybridized carbons (Fsp3) is 0.842. The molecule has 1 saturated carbocycles. The first kappa shape index (κ1) is 19.1. The van der Waals surface area contributed by atoms with Crippen molar-refractivity contribution < 1.29 is 4.52 Å². The fourth-order valence-electron chi connectivity index (χ4n) is 4.38. The normalized spacial score (nSPS) is 21.5. The number of hydrogen-bond donors (Lipinski definition) is 2. The van der Waals surface area contributed by atoms with E-state index < -0.39 is 0 Å². The van der Waals surface area contributed by atoms with Gasteiger partial charge in [-0.2, -0.15) is 4.98 Å². The molecule has 0 atom stereocenters. The van der Waals surface area contributed by atoms with Gasteiger partial charge in [0.1, 0.15) is 0 Å². The maximum Gasteiger partial charge on any atom is 0.228 e. The van der Waals surface area contributed by atoms with Gasteiger partial charge in [0.2, 0.25) is 5.89 Å². The Balaban J connectivity index is 1.51. The molecule has 7 nitrogen and oxygen atoms in total. The van der Waals surface area contributed by atoms with E-state index in [0.29, 0.717) is 23.7 Å². The Morgan fingerprint density at radius 3 is 2.50 bits per heavy atom. The zero-order valence-corrected chi connectivity index (χ0v) is 16.4. The molecule has 146 valence electrons. The topological polar surface area (TPSA) is 78.6 Å². The zero-order valence-electron chi connectivity index (χ0n) is 16.4. The first-order chi connectivity index (χ1) is 12.7. The summed E-state index contributed by atoms with van der Waals surface area (Å²) in [5, 5.41) is 10.8. The summed E-state index contributed by atoms with van der Waals surface area (Å²) in [7, 11) is 1.83. The predicted octanol–water partition coefficient (Wildman–Crippen LogP) is 2.27. The molecule has 0 aromatic carbocycles. The van der Waals surface area contributed by atoms with Crippen LogP contribution in [0.25, 0.3) is 0 Å². The lowest BCUT2D eigenvalue weighted by molar-refractivity contribution is 0.0368. The average molecular weight is 363 g/mol. The lowest BCUT2D eigenvalue weighted by Gasteiger charge is -2.48. The molecule has 2 aliphatic rings. The minimum absolute atomic E-state index is 0.305. The van der Waals surface area contributed by atoms with Gasteiger partial charge in [0.05, 0.1) is 0 Å². The lowest BCUT2D eigenvalue weighted by Crippen LogP contribution is -2.59. The Kier molecular flexibility index (Phi) is 6.88. The van der Waals surface area contributed by atoms with Crippen LogP contribution in [0.5, 0.6) is 0 Å². The molecular formula is C19H34N6O. The van der Waals surface area contributed by atoms with Gasteiger partial charge < -0.3 is 15.2 Å². The molecule has 0 unspecified atom stereocenters. The highest BCUT2D eigenvalue weighted by atomic mass is 16.5. The summed E-state index contributed by atoms with van der Waals surface area (Å²) in [5.74, 6) is 2.22. The van der Waals surface area contributed by atoms with E-state index in [4.69, 9.17) is 4.52 Å². The number of aryl methyl sites for hydroxylation is 1. The van der Waals surface area contributed by atoms with Crippen LogP contribution in [0.1, 0.15) is 63.1 Å². The molecule has 1 aliphatic heterocycles. The second kappa shape index (κ2) is 9.35. The first-order valence-corrected chi connectivity index (χ1v) is 10.2. The van der Waals surface area contributed by atoms with E-state index in [1.807, 2.05) is 14.0 Å². The van der Waals surface area contributed by atoms with Gasteiger partial charge in [-0.3, -0.25) is 9.89 Å². The number of piperidine rings is 1. The highest BCUT2D eigenvalue weighted by Crippen LogP contribution is 2.35. The lowest BCUT2D eigenvalue weighted by atomic mass is 9.79. The molecule has 2 fully saturated rings. The number of nitrogens with one attached hydrogen (secondary N) is 2. The summed E-state index contributed by atoms with van der Waals surface area (Å²) in [4.78, 5) is 11.4. The second-order valence-corrected chi connectivity index (χ2v) is 7.67. The van der Waals surface area contributed by atoms with Crippen molar-refractivity contribution >= 4 is 5.96 Å². The van der Waals surface area contributed by atoms with Crippen LogP contribution in [0, 0.1) is 6.92 Å². The van der Waals surface area contributed by atoms with E-state index in [1.165, 1.54) is 64.5 Å². The molecule has 0 bridgehead atoms. The monoisotopic (exact) mass is 362 g/mol. The largest absolute Gasteiger partial charge is 0.356 e. The van der Waals surface area contributed by atoms with Crippen LogP contribution in [0.2, 0.25) is 0 Å². The minimum Gasteiger partial charge on any atom is -0.356 e. The Morgan fingerprint density at radius 2 is 1.85 bits per heavy atom. The van der Waals surface area contributed by atoms with Gasteiger partial charge in [-0.15, -0.1) is 0 Å². The summed E-state index contributed by atoms with van der Waals surface area (Å²) in [6.45, 7) is 6.06. The molecule has 2 heterocycles. The summed E-state index contributed by atoms with van der Waals surface area (Å²) >= 11 is 0. The minimum atomic E-state index is 0.305. The summed E-state index contributed by atoms with van der Waals surface area (Å²) in [5.41, 5.74) is 0.305. The summed E-state index contributed by atoms with van der Waals surface area (Å²) in [6.07, 6.45) is 11.5. The third-order valence-corrected chi connectivity index (χ3v) is 5.82. The van der Waals surface area contributed by atoms with Crippen molar-refractivity contribution in [2.45, 2.75) is 70.3 Å². The van der Waals surface area contributed by atoms with Crippen LogP contribution in [-0.4, -0.2) is 59.8 Å². The van der Waals surface area contributed by atoms with Crippen LogP contribution in [0.15, 0.2) is 9.52 Å². The van der Waals surface area contributed by atoms with Crippen molar-refractivity contribution in [2.75, 3.05) is 33.2 Å². The molecule has 1 aromatic heterocycles. The number of rotatable bonds is 6. The van der Waals surface area contributed by atoms with Crippen LogP contribution < -0.4 is 10.6 Å². The van der Waals surface area contributed by atoms with Crippen LogP contribution in [0.4, 0.5) is 0 Å². The van der Waals surface area contributed by atoms with Crippen molar-refractivity contribution in [3.05, 3.63) is 11.7 Å². The number of likely N-dealkylation sites (tertiary alicyclic amines) is 1. The molecule has 1 aromatic rings. The quantitative estimate of drug-likeness (QED) is 0.597. The molecule has 26 heavy (non-hydrogen) atoms. The van der Waals surface area contributed by atoms with E-state index in [9.17, 15) is 0 Å². The molecule has 0 amide bonds. The standard InChI is InChI=1S/C19H34N6O/c1-16-23-17(26-24-16)9-12-21-18(20-2)22-15-19(10-5-3-6-11-19)25-13-7-4-8-14-25/h3-15H2,1-2H3,(H2,20,21,22). The van der Waals surface area contributed by atoms with E-state index in [2.05, 4.69) is 30.7 Å².